The van der Waals surface area contributed by atoms with Crippen molar-refractivity contribution in [2.45, 2.75) is 12.8 Å². The van der Waals surface area contributed by atoms with Gasteiger partial charge in [0.2, 0.25) is 0 Å². The molecule has 0 bridgehead atoms. The SMILES string of the molecule is c1ccc2c(c1)ncn2CC1OCCO1. The van der Waals surface area contributed by atoms with Gasteiger partial charge in [0, 0.05) is 0 Å². The van der Waals surface area contributed by atoms with E-state index in [9.17, 15) is 0 Å². The molecule has 15 heavy (non-hydrogen) atoms. The maximum atomic E-state index is 5.40. The molecule has 0 unspecified atom stereocenters. The molecule has 4 nitrogen and oxygen atoms in total. The molecule has 78 valence electrons. The Labute approximate surface area is 87.4 Å². The van der Waals surface area contributed by atoms with Gasteiger partial charge >= 0.3 is 0 Å². The van der Waals surface area contributed by atoms with Crippen LogP contribution in [0.15, 0.2) is 30.6 Å². The van der Waals surface area contributed by atoms with Gasteiger partial charge in [-0.2, -0.15) is 0 Å². The van der Waals surface area contributed by atoms with Crippen molar-refractivity contribution in [1.82, 2.24) is 9.55 Å². The molecular formula is C11H12N2O2. The van der Waals surface area contributed by atoms with E-state index in [0.717, 1.165) is 11.0 Å². The molecule has 1 aromatic carbocycles. The van der Waals surface area contributed by atoms with Crippen molar-refractivity contribution in [1.29, 1.82) is 0 Å². The highest BCUT2D eigenvalue weighted by Gasteiger charge is 2.17. The second kappa shape index (κ2) is 3.64. The summed E-state index contributed by atoms with van der Waals surface area (Å²) in [5.41, 5.74) is 2.13. The summed E-state index contributed by atoms with van der Waals surface area (Å²) in [6.07, 6.45) is 1.71. The topological polar surface area (TPSA) is 36.3 Å². The summed E-state index contributed by atoms with van der Waals surface area (Å²) in [7, 11) is 0. The molecule has 4 heteroatoms. The Morgan fingerprint density at radius 1 is 1.27 bits per heavy atom. The zero-order valence-electron chi connectivity index (χ0n) is 8.30. The maximum absolute atomic E-state index is 5.40. The van der Waals surface area contributed by atoms with Crippen LogP contribution in [0.2, 0.25) is 0 Å². The molecule has 0 aliphatic carbocycles. The summed E-state index contributed by atoms with van der Waals surface area (Å²) >= 11 is 0. The zero-order chi connectivity index (χ0) is 10.1. The highest BCUT2D eigenvalue weighted by atomic mass is 16.7. The van der Waals surface area contributed by atoms with Crippen LogP contribution in [0.1, 0.15) is 0 Å². The lowest BCUT2D eigenvalue weighted by molar-refractivity contribution is -0.0517. The van der Waals surface area contributed by atoms with Crippen LogP contribution in [0.3, 0.4) is 0 Å². The average molecular weight is 204 g/mol. The summed E-state index contributed by atoms with van der Waals surface area (Å²) in [4.78, 5) is 4.31. The van der Waals surface area contributed by atoms with Crippen LogP contribution in [0.25, 0.3) is 11.0 Å². The molecule has 0 N–H and O–H groups in total. The predicted octanol–water partition coefficient (Wildman–Crippen LogP) is 1.41. The third-order valence-corrected chi connectivity index (χ3v) is 2.56. The van der Waals surface area contributed by atoms with Gasteiger partial charge in [-0.05, 0) is 12.1 Å². The molecular weight excluding hydrogens is 192 g/mol. The number of hydrogen-bond donors (Lipinski definition) is 0. The van der Waals surface area contributed by atoms with Crippen molar-refractivity contribution >= 4 is 11.0 Å². The Kier molecular flexibility index (Phi) is 2.16. The largest absolute Gasteiger partial charge is 0.348 e. The second-order valence-corrected chi connectivity index (χ2v) is 3.56. The van der Waals surface area contributed by atoms with Gasteiger partial charge in [-0.3, -0.25) is 0 Å². The molecule has 1 aliphatic heterocycles. The normalized spacial score (nSPS) is 17.6. The predicted molar refractivity (Wildman–Crippen MR) is 55.4 cm³/mol. The van der Waals surface area contributed by atoms with Crippen LogP contribution in [0.4, 0.5) is 0 Å². The van der Waals surface area contributed by atoms with E-state index in [0.29, 0.717) is 19.8 Å². The Hall–Kier alpha value is -1.39. The highest BCUT2D eigenvalue weighted by molar-refractivity contribution is 5.74. The fraction of sp³-hybridized carbons (Fsp3) is 0.364. The minimum absolute atomic E-state index is 0.123. The third-order valence-electron chi connectivity index (χ3n) is 2.56. The monoisotopic (exact) mass is 204 g/mol. The number of para-hydroxylation sites is 2. The summed E-state index contributed by atoms with van der Waals surface area (Å²) < 4.78 is 12.9. The third kappa shape index (κ3) is 1.62. The first-order valence-electron chi connectivity index (χ1n) is 5.06. The number of imidazole rings is 1. The Morgan fingerprint density at radius 3 is 2.93 bits per heavy atom. The van der Waals surface area contributed by atoms with Crippen molar-refractivity contribution < 1.29 is 9.47 Å². The van der Waals surface area contributed by atoms with Crippen molar-refractivity contribution in [3.05, 3.63) is 30.6 Å². The van der Waals surface area contributed by atoms with Gasteiger partial charge in [0.25, 0.3) is 0 Å². The molecule has 1 fully saturated rings. The molecule has 0 saturated carbocycles. The molecule has 3 rings (SSSR count). The van der Waals surface area contributed by atoms with Crippen LogP contribution in [-0.4, -0.2) is 29.1 Å². The maximum Gasteiger partial charge on any atom is 0.175 e. The zero-order valence-corrected chi connectivity index (χ0v) is 8.30. The minimum atomic E-state index is -0.123. The van der Waals surface area contributed by atoms with E-state index in [1.807, 2.05) is 24.5 Å². The van der Waals surface area contributed by atoms with E-state index in [1.54, 1.807) is 0 Å². The van der Waals surface area contributed by atoms with E-state index >= 15 is 0 Å². The highest BCUT2D eigenvalue weighted by Crippen LogP contribution is 2.14. The van der Waals surface area contributed by atoms with Gasteiger partial charge in [-0.15, -0.1) is 0 Å². The Balaban J connectivity index is 1.90. The summed E-state index contributed by atoms with van der Waals surface area (Å²) in [5, 5.41) is 0. The lowest BCUT2D eigenvalue weighted by Gasteiger charge is -2.10. The van der Waals surface area contributed by atoms with Crippen LogP contribution in [-0.2, 0) is 16.0 Å². The fourth-order valence-corrected chi connectivity index (χ4v) is 1.83. The van der Waals surface area contributed by atoms with Crippen molar-refractivity contribution in [3.8, 4) is 0 Å². The lowest BCUT2D eigenvalue weighted by Crippen LogP contribution is -2.16. The Bertz CT molecular complexity index is 460. The van der Waals surface area contributed by atoms with Gasteiger partial charge in [-0.1, -0.05) is 12.1 Å². The molecule has 2 heterocycles. The van der Waals surface area contributed by atoms with Crippen LogP contribution < -0.4 is 0 Å². The summed E-state index contributed by atoms with van der Waals surface area (Å²) in [6.45, 7) is 2.09. The van der Waals surface area contributed by atoms with E-state index in [2.05, 4.69) is 15.6 Å². The van der Waals surface area contributed by atoms with E-state index < -0.39 is 0 Å². The number of fused-ring (bicyclic) bond motifs is 1. The van der Waals surface area contributed by atoms with Gasteiger partial charge in [0.15, 0.2) is 6.29 Å². The molecule has 1 aliphatic rings. The smallest absolute Gasteiger partial charge is 0.175 e. The van der Waals surface area contributed by atoms with E-state index in [4.69, 9.17) is 9.47 Å². The fourth-order valence-electron chi connectivity index (χ4n) is 1.83. The molecule has 1 aromatic heterocycles. The lowest BCUT2D eigenvalue weighted by atomic mass is 10.3. The van der Waals surface area contributed by atoms with Crippen molar-refractivity contribution in [2.24, 2.45) is 0 Å². The average Bonchev–Trinajstić information content (AvgIpc) is 2.89. The van der Waals surface area contributed by atoms with Crippen LogP contribution in [0.5, 0.6) is 0 Å². The number of ether oxygens (including phenoxy) is 2. The van der Waals surface area contributed by atoms with Gasteiger partial charge in [-0.25, -0.2) is 4.98 Å². The van der Waals surface area contributed by atoms with Crippen molar-refractivity contribution in [2.75, 3.05) is 13.2 Å². The molecule has 0 atom stereocenters. The first-order valence-corrected chi connectivity index (χ1v) is 5.06. The number of rotatable bonds is 2. The quantitative estimate of drug-likeness (QED) is 0.742. The number of benzene rings is 1. The number of nitrogens with zero attached hydrogens (tertiary/aromatic N) is 2. The molecule has 0 spiro atoms. The van der Waals surface area contributed by atoms with Crippen molar-refractivity contribution in [3.63, 3.8) is 0 Å². The van der Waals surface area contributed by atoms with E-state index in [1.165, 1.54) is 0 Å². The Morgan fingerprint density at radius 2 is 2.07 bits per heavy atom. The van der Waals surface area contributed by atoms with Crippen LogP contribution >= 0.6 is 0 Å². The number of aromatic nitrogens is 2. The molecule has 0 amide bonds. The van der Waals surface area contributed by atoms with Gasteiger partial charge in [0.05, 0.1) is 37.1 Å². The van der Waals surface area contributed by atoms with Crippen LogP contribution in [0, 0.1) is 0 Å². The summed E-state index contributed by atoms with van der Waals surface area (Å²) in [5.74, 6) is 0. The first-order chi connectivity index (χ1) is 7.43. The second-order valence-electron chi connectivity index (χ2n) is 3.56. The molecule has 0 radical (unpaired) electrons. The summed E-state index contributed by atoms with van der Waals surface area (Å²) in [6, 6.07) is 8.05. The first kappa shape index (κ1) is 8.88. The minimum Gasteiger partial charge on any atom is -0.348 e. The number of hydrogen-bond acceptors (Lipinski definition) is 3. The molecule has 2 aromatic rings. The van der Waals surface area contributed by atoms with Gasteiger partial charge < -0.3 is 14.0 Å². The van der Waals surface area contributed by atoms with E-state index in [-0.39, 0.29) is 6.29 Å². The standard InChI is InChI=1S/C11H12N2O2/c1-2-4-10-9(3-1)12-8-13(10)7-11-14-5-6-15-11/h1-4,8,11H,5-7H2. The molecule has 1 saturated heterocycles. The van der Waals surface area contributed by atoms with Gasteiger partial charge in [0.1, 0.15) is 0 Å².